The largest absolute Gasteiger partial charge is 0.494 e. The van der Waals surface area contributed by atoms with E-state index in [0.717, 1.165) is 0 Å². The Kier molecular flexibility index (Phi) is 8.42. The van der Waals surface area contributed by atoms with Gasteiger partial charge in [-0.25, -0.2) is 4.39 Å². The van der Waals surface area contributed by atoms with Gasteiger partial charge in [0.25, 0.3) is 0 Å². The Labute approximate surface area is 147 Å². The van der Waals surface area contributed by atoms with Crippen LogP contribution in [0.5, 0.6) is 0 Å². The van der Waals surface area contributed by atoms with Gasteiger partial charge in [-0.05, 0) is 58.6 Å². The van der Waals surface area contributed by atoms with Gasteiger partial charge in [0.05, 0.1) is 11.2 Å². The highest BCUT2D eigenvalue weighted by Crippen LogP contribution is 2.37. The van der Waals surface area contributed by atoms with Crippen LogP contribution in [-0.2, 0) is 13.9 Å². The van der Waals surface area contributed by atoms with E-state index in [1.165, 1.54) is 6.07 Å². The van der Waals surface area contributed by atoms with Crippen LogP contribution in [0.1, 0.15) is 55.4 Å². The molecule has 1 aromatic carbocycles. The van der Waals surface area contributed by atoms with Gasteiger partial charge in [-0.1, -0.05) is 33.8 Å². The van der Waals surface area contributed by atoms with Crippen molar-refractivity contribution in [2.45, 2.75) is 66.6 Å². The first-order valence-electron chi connectivity index (χ1n) is 8.65. The number of benzene rings is 1. The maximum Gasteiger partial charge on any atom is 0.494 e. The third kappa shape index (κ3) is 5.18. The summed E-state index contributed by atoms with van der Waals surface area (Å²) in [5.41, 5.74) is -0.312. The molecule has 0 N–H and O–H groups in total. The van der Waals surface area contributed by atoms with Crippen LogP contribution in [0.4, 0.5) is 4.39 Å². The summed E-state index contributed by atoms with van der Waals surface area (Å²) < 4.78 is 37.8. The molecule has 1 heterocycles. The summed E-state index contributed by atoms with van der Waals surface area (Å²) in [6, 6.07) is 4.65. The summed E-state index contributed by atoms with van der Waals surface area (Å²) in [5.74, 6) is -0.467. The lowest BCUT2D eigenvalue weighted by atomic mass is 9.79. The van der Waals surface area contributed by atoms with Crippen LogP contribution in [0.3, 0.4) is 0 Å². The molecule has 0 aliphatic carbocycles. The Hall–Kier alpha value is -0.635. The van der Waals surface area contributed by atoms with E-state index >= 15 is 0 Å². The summed E-state index contributed by atoms with van der Waals surface area (Å²) >= 11 is 0. The first-order chi connectivity index (χ1) is 10.9. The predicted molar refractivity (Wildman–Crippen MR) is 104 cm³/mol. The molecular weight excluding hydrogens is 325 g/mol. The zero-order chi connectivity index (χ0) is 19.3. The second-order valence-corrected chi connectivity index (χ2v) is 9.83. The van der Waals surface area contributed by atoms with Gasteiger partial charge >= 0.3 is 7.12 Å². The first-order valence-corrected chi connectivity index (χ1v) is 11.2. The summed E-state index contributed by atoms with van der Waals surface area (Å²) in [5, 5.41) is 0.262. The minimum absolute atomic E-state index is 0.262. The van der Waals surface area contributed by atoms with Crippen LogP contribution < -0.4 is 10.8 Å². The van der Waals surface area contributed by atoms with Crippen LogP contribution in [0.25, 0.3) is 0 Å². The van der Waals surface area contributed by atoms with Gasteiger partial charge in [0.1, 0.15) is 13.0 Å². The quantitative estimate of drug-likeness (QED) is 0.580. The normalized spacial score (nSPS) is 18.2. The molecular formula is C18H33BFO3P. The van der Waals surface area contributed by atoms with Gasteiger partial charge in [0.15, 0.2) is 0 Å². The molecule has 6 heteroatoms. The van der Waals surface area contributed by atoms with Crippen molar-refractivity contribution in [3.8, 4) is 0 Å². The molecule has 0 amide bonds. The molecule has 1 aliphatic heterocycles. The van der Waals surface area contributed by atoms with Crippen molar-refractivity contribution >= 4 is 25.0 Å². The van der Waals surface area contributed by atoms with Crippen molar-refractivity contribution in [2.75, 3.05) is 13.3 Å². The minimum Gasteiger partial charge on any atom is -0.399 e. The average molecular weight is 358 g/mol. The Morgan fingerprint density at radius 2 is 1.38 bits per heavy atom. The predicted octanol–water partition coefficient (Wildman–Crippen LogP) is 4.43. The molecule has 24 heavy (non-hydrogen) atoms. The van der Waals surface area contributed by atoms with Crippen molar-refractivity contribution in [1.82, 2.24) is 0 Å². The zero-order valence-corrected chi connectivity index (χ0v) is 17.8. The van der Waals surface area contributed by atoms with Gasteiger partial charge in [-0.15, -0.1) is 0 Å². The second kappa shape index (κ2) is 8.64. The monoisotopic (exact) mass is 358 g/mol. The SMILES string of the molecule is CC.CC.CC1(C)OB(c2ccc(P(C)(C)=O)c(F)c2)OC1(C)C. The van der Waals surface area contributed by atoms with Gasteiger partial charge in [0.2, 0.25) is 0 Å². The summed E-state index contributed by atoms with van der Waals surface area (Å²) in [6.07, 6.45) is 0. The molecule has 0 spiro atoms. The Morgan fingerprint density at radius 1 is 0.958 bits per heavy atom. The fraction of sp³-hybridized carbons (Fsp3) is 0.667. The van der Waals surface area contributed by atoms with E-state index in [0.29, 0.717) is 5.46 Å². The van der Waals surface area contributed by atoms with E-state index < -0.39 is 31.3 Å². The van der Waals surface area contributed by atoms with Crippen molar-refractivity contribution in [1.29, 1.82) is 0 Å². The Bertz CT molecular complexity index is 566. The molecule has 2 rings (SSSR count). The summed E-state index contributed by atoms with van der Waals surface area (Å²) in [7, 11) is -3.22. The minimum atomic E-state index is -2.61. The first kappa shape index (κ1) is 23.4. The molecule has 1 saturated heterocycles. The van der Waals surface area contributed by atoms with Crippen LogP contribution in [0.15, 0.2) is 18.2 Å². The number of rotatable bonds is 2. The molecule has 0 radical (unpaired) electrons. The summed E-state index contributed by atoms with van der Waals surface area (Å²) in [4.78, 5) is 0. The van der Waals surface area contributed by atoms with E-state index in [-0.39, 0.29) is 5.30 Å². The zero-order valence-electron chi connectivity index (χ0n) is 16.9. The van der Waals surface area contributed by atoms with Crippen LogP contribution >= 0.6 is 7.14 Å². The fourth-order valence-corrected chi connectivity index (χ4v) is 3.10. The highest BCUT2D eigenvalue weighted by Gasteiger charge is 2.51. The third-order valence-electron chi connectivity index (χ3n) is 4.08. The van der Waals surface area contributed by atoms with E-state index in [4.69, 9.17) is 9.31 Å². The Balaban J connectivity index is 0.00000123. The molecule has 0 aromatic heterocycles. The fourth-order valence-electron chi connectivity index (χ4n) is 2.09. The van der Waals surface area contributed by atoms with Crippen molar-refractivity contribution in [3.05, 3.63) is 24.0 Å². The molecule has 0 atom stereocenters. The lowest BCUT2D eigenvalue weighted by molar-refractivity contribution is 0.00578. The van der Waals surface area contributed by atoms with Gasteiger partial charge in [0, 0.05) is 5.30 Å². The van der Waals surface area contributed by atoms with Crippen LogP contribution in [0.2, 0.25) is 0 Å². The number of halogens is 1. The molecule has 1 aromatic rings. The molecule has 3 nitrogen and oxygen atoms in total. The number of hydrogen-bond donors (Lipinski definition) is 0. The third-order valence-corrected chi connectivity index (χ3v) is 5.60. The van der Waals surface area contributed by atoms with E-state index in [2.05, 4.69) is 0 Å². The number of hydrogen-bond acceptors (Lipinski definition) is 3. The highest BCUT2D eigenvalue weighted by atomic mass is 31.2. The lowest BCUT2D eigenvalue weighted by Gasteiger charge is -2.32. The van der Waals surface area contributed by atoms with Crippen molar-refractivity contribution < 1.29 is 18.3 Å². The summed E-state index contributed by atoms with van der Waals surface area (Å²) in [6.45, 7) is 18.9. The van der Waals surface area contributed by atoms with E-state index in [1.807, 2.05) is 55.4 Å². The van der Waals surface area contributed by atoms with Crippen molar-refractivity contribution in [3.63, 3.8) is 0 Å². The standard InChI is InChI=1S/C14H21BFO3P.2C2H6/c1-13(2)14(3,4)19-15(18-13)10-7-8-12(11(16)9-10)20(5,6)17;2*1-2/h7-9H,1-6H3;2*1-2H3. The second-order valence-electron chi connectivity index (χ2n) is 6.65. The molecule has 1 fully saturated rings. The van der Waals surface area contributed by atoms with Gasteiger partial charge in [-0.2, -0.15) is 0 Å². The maximum absolute atomic E-state index is 14.1. The smallest absolute Gasteiger partial charge is 0.399 e. The van der Waals surface area contributed by atoms with Crippen molar-refractivity contribution in [2.24, 2.45) is 0 Å². The topological polar surface area (TPSA) is 35.5 Å². The molecule has 1 aliphatic rings. The van der Waals surface area contributed by atoms with Gasteiger partial charge < -0.3 is 13.9 Å². The highest BCUT2D eigenvalue weighted by molar-refractivity contribution is 7.70. The van der Waals surface area contributed by atoms with Gasteiger partial charge in [-0.3, -0.25) is 0 Å². The average Bonchev–Trinajstić information content (AvgIpc) is 2.70. The van der Waals surface area contributed by atoms with E-state index in [1.54, 1.807) is 25.5 Å². The van der Waals surface area contributed by atoms with Crippen LogP contribution in [-0.4, -0.2) is 31.7 Å². The molecule has 0 unspecified atom stereocenters. The lowest BCUT2D eigenvalue weighted by Crippen LogP contribution is -2.41. The van der Waals surface area contributed by atoms with E-state index in [9.17, 15) is 8.96 Å². The Morgan fingerprint density at radius 3 is 1.71 bits per heavy atom. The molecule has 138 valence electrons. The van der Waals surface area contributed by atoms with Crippen LogP contribution in [0, 0.1) is 5.82 Å². The molecule has 0 bridgehead atoms. The molecule has 0 saturated carbocycles. The maximum atomic E-state index is 14.1.